The van der Waals surface area contributed by atoms with Gasteiger partial charge >= 0.3 is 6.18 Å². The molecule has 2 atom stereocenters. The lowest BCUT2D eigenvalue weighted by Gasteiger charge is -2.18. The van der Waals surface area contributed by atoms with Crippen molar-refractivity contribution in [2.24, 2.45) is 11.8 Å². The zero-order chi connectivity index (χ0) is 17.3. The Balaban J connectivity index is 1.77. The van der Waals surface area contributed by atoms with Crippen LogP contribution >= 0.6 is 0 Å². The van der Waals surface area contributed by atoms with Crippen LogP contribution in [0.4, 0.5) is 13.2 Å². The Kier molecular flexibility index (Phi) is 4.34. The van der Waals surface area contributed by atoms with Crippen molar-refractivity contribution in [2.45, 2.75) is 25.6 Å². The van der Waals surface area contributed by atoms with Gasteiger partial charge in [-0.1, -0.05) is 30.4 Å². The third-order valence-electron chi connectivity index (χ3n) is 4.29. The molecule has 24 heavy (non-hydrogen) atoms. The predicted molar refractivity (Wildman–Crippen MR) is 78.9 cm³/mol. The second-order valence-electron chi connectivity index (χ2n) is 5.93. The number of para-hydroxylation sites is 1. The van der Waals surface area contributed by atoms with Gasteiger partial charge < -0.3 is 4.74 Å². The molecular formula is C17H16F3NO3. The molecule has 4 nitrogen and oxygen atoms in total. The maximum Gasteiger partial charge on any atom is 0.422 e. The summed E-state index contributed by atoms with van der Waals surface area (Å²) in [5, 5.41) is 0. The summed E-state index contributed by atoms with van der Waals surface area (Å²) in [7, 11) is 0. The van der Waals surface area contributed by atoms with E-state index in [4.69, 9.17) is 4.74 Å². The Bertz CT molecular complexity index is 658. The van der Waals surface area contributed by atoms with E-state index >= 15 is 0 Å². The first-order valence-corrected chi connectivity index (χ1v) is 7.64. The van der Waals surface area contributed by atoms with Crippen LogP contribution in [-0.2, 0) is 16.1 Å². The van der Waals surface area contributed by atoms with Crippen LogP contribution in [-0.4, -0.2) is 29.5 Å². The maximum atomic E-state index is 12.4. The molecule has 2 aliphatic rings. The zero-order valence-corrected chi connectivity index (χ0v) is 12.8. The molecule has 0 aromatic heterocycles. The van der Waals surface area contributed by atoms with Crippen molar-refractivity contribution in [3.63, 3.8) is 0 Å². The largest absolute Gasteiger partial charge is 0.484 e. The van der Waals surface area contributed by atoms with Gasteiger partial charge in [0.1, 0.15) is 5.75 Å². The number of amides is 2. The van der Waals surface area contributed by atoms with E-state index in [1.54, 1.807) is 18.2 Å². The number of allylic oxidation sites excluding steroid dienone is 2. The molecule has 0 saturated carbocycles. The molecule has 1 aliphatic carbocycles. The summed E-state index contributed by atoms with van der Waals surface area (Å²) in [4.78, 5) is 26.0. The molecule has 0 spiro atoms. The van der Waals surface area contributed by atoms with Gasteiger partial charge in [0.25, 0.3) is 0 Å². The third kappa shape index (κ3) is 3.29. The number of nitrogens with zero attached hydrogens (tertiary/aromatic N) is 1. The molecule has 0 bridgehead atoms. The van der Waals surface area contributed by atoms with Crippen LogP contribution in [0.5, 0.6) is 5.75 Å². The molecule has 3 rings (SSSR count). The number of hydrogen-bond donors (Lipinski definition) is 0. The minimum absolute atomic E-state index is 0.0309. The highest BCUT2D eigenvalue weighted by Gasteiger charge is 2.47. The number of fused-ring (bicyclic) bond motifs is 1. The molecule has 1 aromatic rings. The lowest BCUT2D eigenvalue weighted by atomic mass is 9.85. The fraction of sp³-hybridized carbons (Fsp3) is 0.412. The summed E-state index contributed by atoms with van der Waals surface area (Å²) in [5.41, 5.74) is 0.384. The highest BCUT2D eigenvalue weighted by atomic mass is 19.4. The summed E-state index contributed by atoms with van der Waals surface area (Å²) < 4.78 is 41.9. The van der Waals surface area contributed by atoms with Gasteiger partial charge in [-0.2, -0.15) is 13.2 Å². The molecule has 128 valence electrons. The molecular weight excluding hydrogens is 323 g/mol. The van der Waals surface area contributed by atoms with Crippen LogP contribution in [0.3, 0.4) is 0 Å². The molecule has 1 aliphatic heterocycles. The van der Waals surface area contributed by atoms with Crippen molar-refractivity contribution in [1.29, 1.82) is 0 Å². The van der Waals surface area contributed by atoms with Gasteiger partial charge in [0, 0.05) is 5.56 Å². The Morgan fingerprint density at radius 1 is 1.04 bits per heavy atom. The van der Waals surface area contributed by atoms with Gasteiger partial charge in [0.05, 0.1) is 18.4 Å². The summed E-state index contributed by atoms with van der Waals surface area (Å²) in [6, 6.07) is 6.15. The molecule has 0 N–H and O–H groups in total. The lowest BCUT2D eigenvalue weighted by Crippen LogP contribution is -2.31. The van der Waals surface area contributed by atoms with E-state index in [2.05, 4.69) is 0 Å². The van der Waals surface area contributed by atoms with E-state index in [1.165, 1.54) is 6.07 Å². The Morgan fingerprint density at radius 2 is 1.62 bits per heavy atom. The number of rotatable bonds is 4. The zero-order valence-electron chi connectivity index (χ0n) is 12.8. The molecule has 1 aromatic carbocycles. The minimum atomic E-state index is -4.45. The second-order valence-corrected chi connectivity index (χ2v) is 5.93. The van der Waals surface area contributed by atoms with Gasteiger partial charge in [-0.15, -0.1) is 0 Å². The van der Waals surface area contributed by atoms with Crippen LogP contribution in [0.15, 0.2) is 36.4 Å². The van der Waals surface area contributed by atoms with E-state index in [0.717, 1.165) is 4.90 Å². The Morgan fingerprint density at radius 3 is 2.21 bits per heavy atom. The fourth-order valence-electron chi connectivity index (χ4n) is 3.13. The van der Waals surface area contributed by atoms with E-state index in [1.807, 2.05) is 12.2 Å². The van der Waals surface area contributed by atoms with E-state index < -0.39 is 12.8 Å². The van der Waals surface area contributed by atoms with Gasteiger partial charge in [0.2, 0.25) is 11.8 Å². The topological polar surface area (TPSA) is 46.6 Å². The number of benzene rings is 1. The number of carbonyl (C=O) groups is 2. The number of likely N-dealkylation sites (tertiary alicyclic amines) is 1. The van der Waals surface area contributed by atoms with Crippen molar-refractivity contribution < 1.29 is 27.5 Å². The predicted octanol–water partition coefficient (Wildman–Crippen LogP) is 3.08. The second kappa shape index (κ2) is 6.30. The van der Waals surface area contributed by atoms with Crippen molar-refractivity contribution >= 4 is 11.8 Å². The number of halogens is 3. The van der Waals surface area contributed by atoms with Gasteiger partial charge in [-0.3, -0.25) is 14.5 Å². The number of hydrogen-bond acceptors (Lipinski definition) is 3. The fourth-order valence-corrected chi connectivity index (χ4v) is 3.13. The SMILES string of the molecule is O=C1[C@H]2CC=CC[C@H]2C(=O)N1Cc1ccccc1OCC(F)(F)F. The normalized spacial score (nSPS) is 23.5. The number of carbonyl (C=O) groups excluding carboxylic acids is 2. The third-order valence-corrected chi connectivity index (χ3v) is 4.29. The van der Waals surface area contributed by atoms with Gasteiger partial charge in [0.15, 0.2) is 6.61 Å². The van der Waals surface area contributed by atoms with Crippen molar-refractivity contribution in [1.82, 2.24) is 4.90 Å². The van der Waals surface area contributed by atoms with Gasteiger partial charge in [-0.05, 0) is 18.9 Å². The average Bonchev–Trinajstić information content (AvgIpc) is 2.79. The monoisotopic (exact) mass is 339 g/mol. The molecule has 0 unspecified atom stereocenters. The van der Waals surface area contributed by atoms with Crippen LogP contribution in [0.2, 0.25) is 0 Å². The van der Waals surface area contributed by atoms with E-state index in [-0.39, 0.29) is 35.9 Å². The van der Waals surface area contributed by atoms with Crippen LogP contribution in [0.25, 0.3) is 0 Å². The molecule has 7 heteroatoms. The summed E-state index contributed by atoms with van der Waals surface area (Å²) in [5.74, 6) is -1.21. The van der Waals surface area contributed by atoms with E-state index in [0.29, 0.717) is 18.4 Å². The summed E-state index contributed by atoms with van der Waals surface area (Å²) in [6.07, 6.45) is 0.370. The van der Waals surface area contributed by atoms with Gasteiger partial charge in [-0.25, -0.2) is 0 Å². The first kappa shape index (κ1) is 16.5. The number of imide groups is 1. The molecule has 1 heterocycles. The molecule has 1 saturated heterocycles. The van der Waals surface area contributed by atoms with Crippen LogP contribution in [0.1, 0.15) is 18.4 Å². The van der Waals surface area contributed by atoms with E-state index in [9.17, 15) is 22.8 Å². The van der Waals surface area contributed by atoms with Crippen LogP contribution < -0.4 is 4.74 Å². The molecule has 2 amide bonds. The Labute approximate surface area is 136 Å². The molecule has 1 fully saturated rings. The molecule has 0 radical (unpaired) electrons. The first-order valence-electron chi connectivity index (χ1n) is 7.64. The highest BCUT2D eigenvalue weighted by Crippen LogP contribution is 2.36. The average molecular weight is 339 g/mol. The number of alkyl halides is 3. The quantitative estimate of drug-likeness (QED) is 0.626. The van der Waals surface area contributed by atoms with Crippen molar-refractivity contribution in [3.05, 3.63) is 42.0 Å². The smallest absolute Gasteiger partial charge is 0.422 e. The Hall–Kier alpha value is -2.31. The summed E-state index contributed by atoms with van der Waals surface area (Å²) >= 11 is 0. The highest BCUT2D eigenvalue weighted by molar-refractivity contribution is 6.05. The lowest BCUT2D eigenvalue weighted by molar-refractivity contribution is -0.154. The first-order chi connectivity index (χ1) is 11.4. The van der Waals surface area contributed by atoms with Crippen molar-refractivity contribution in [2.75, 3.05) is 6.61 Å². The number of ether oxygens (including phenoxy) is 1. The minimum Gasteiger partial charge on any atom is -0.484 e. The van der Waals surface area contributed by atoms with Crippen molar-refractivity contribution in [3.8, 4) is 5.75 Å². The van der Waals surface area contributed by atoms with Crippen LogP contribution in [0, 0.1) is 11.8 Å². The summed E-state index contributed by atoms with van der Waals surface area (Å²) in [6.45, 7) is -1.49. The standard InChI is InChI=1S/C17H16F3NO3/c18-17(19,20)10-24-14-8-4-1-5-11(14)9-21-15(22)12-6-2-3-7-13(12)16(21)23/h1-5,8,12-13H,6-7,9-10H2/t12-,13+. The maximum absolute atomic E-state index is 12.4.